The van der Waals surface area contributed by atoms with Gasteiger partial charge in [0.1, 0.15) is 0 Å². The summed E-state index contributed by atoms with van der Waals surface area (Å²) in [6.45, 7) is 8.08. The summed E-state index contributed by atoms with van der Waals surface area (Å²) in [5, 5.41) is 3.35. The number of halogens is 1. The van der Waals surface area contributed by atoms with E-state index in [9.17, 15) is 4.79 Å². The predicted molar refractivity (Wildman–Crippen MR) is 122 cm³/mol. The smallest absolute Gasteiger partial charge is 0.225 e. The molecule has 8 nitrogen and oxygen atoms in total. The quantitative estimate of drug-likeness (QED) is 0.383. The van der Waals surface area contributed by atoms with E-state index in [1.807, 2.05) is 11.0 Å². The zero-order valence-corrected chi connectivity index (χ0v) is 19.2. The van der Waals surface area contributed by atoms with Crippen LogP contribution in [0.25, 0.3) is 0 Å². The molecule has 28 heavy (non-hydrogen) atoms. The molecule has 0 aromatic carbocycles. The first-order valence-electron chi connectivity index (χ1n) is 9.92. The van der Waals surface area contributed by atoms with Crippen molar-refractivity contribution in [2.45, 2.75) is 26.2 Å². The number of nitrogens with zero attached hydrogens (tertiary/aromatic N) is 6. The van der Waals surface area contributed by atoms with Gasteiger partial charge in [-0.25, -0.2) is 9.97 Å². The fourth-order valence-corrected chi connectivity index (χ4v) is 3.76. The van der Waals surface area contributed by atoms with E-state index in [0.717, 1.165) is 57.6 Å². The Bertz CT molecular complexity index is 634. The van der Waals surface area contributed by atoms with E-state index in [2.05, 4.69) is 37.0 Å². The lowest BCUT2D eigenvalue weighted by Crippen LogP contribution is -2.53. The Hall–Kier alpha value is -1.65. The van der Waals surface area contributed by atoms with E-state index in [1.54, 1.807) is 19.4 Å². The number of guanidine groups is 1. The maximum Gasteiger partial charge on any atom is 0.225 e. The van der Waals surface area contributed by atoms with Gasteiger partial charge in [0.2, 0.25) is 11.9 Å². The maximum absolute atomic E-state index is 12.4. The zero-order valence-electron chi connectivity index (χ0n) is 16.9. The fourth-order valence-electron chi connectivity index (χ4n) is 3.76. The molecule has 1 aromatic heterocycles. The van der Waals surface area contributed by atoms with Crippen LogP contribution in [0.15, 0.2) is 23.5 Å². The molecule has 156 valence electrons. The number of likely N-dealkylation sites (tertiary alicyclic amines) is 1. The van der Waals surface area contributed by atoms with Crippen LogP contribution in [0.2, 0.25) is 0 Å². The molecule has 0 radical (unpaired) electrons. The van der Waals surface area contributed by atoms with E-state index in [-0.39, 0.29) is 29.9 Å². The molecule has 9 heteroatoms. The average Bonchev–Trinajstić information content (AvgIpc) is 2.72. The molecule has 2 fully saturated rings. The molecule has 0 saturated carbocycles. The molecular weight excluding hydrogens is 469 g/mol. The third kappa shape index (κ3) is 6.18. The van der Waals surface area contributed by atoms with Crippen LogP contribution in [0.3, 0.4) is 0 Å². The summed E-state index contributed by atoms with van der Waals surface area (Å²) >= 11 is 0. The van der Waals surface area contributed by atoms with Gasteiger partial charge in [-0.1, -0.05) is 6.92 Å². The third-order valence-electron chi connectivity index (χ3n) is 5.26. The lowest BCUT2D eigenvalue weighted by atomic mass is 10.00. The molecule has 0 bridgehead atoms. The van der Waals surface area contributed by atoms with Crippen LogP contribution in [-0.4, -0.2) is 84.5 Å². The van der Waals surface area contributed by atoms with Crippen LogP contribution in [0.5, 0.6) is 0 Å². The first kappa shape index (κ1) is 22.6. The number of piperidine rings is 1. The van der Waals surface area contributed by atoms with Crippen LogP contribution in [-0.2, 0) is 4.79 Å². The summed E-state index contributed by atoms with van der Waals surface area (Å²) < 4.78 is 0. The Morgan fingerprint density at radius 3 is 2.54 bits per heavy atom. The number of hydrogen-bond acceptors (Lipinski definition) is 5. The van der Waals surface area contributed by atoms with Gasteiger partial charge in [0.05, 0.1) is 0 Å². The summed E-state index contributed by atoms with van der Waals surface area (Å²) in [5.74, 6) is 2.51. The topological polar surface area (TPSA) is 77.0 Å². The molecule has 0 spiro atoms. The molecule has 1 N–H and O–H groups in total. The van der Waals surface area contributed by atoms with Crippen LogP contribution < -0.4 is 10.2 Å². The van der Waals surface area contributed by atoms with Crippen molar-refractivity contribution in [2.24, 2.45) is 10.9 Å². The highest BCUT2D eigenvalue weighted by Crippen LogP contribution is 2.16. The van der Waals surface area contributed by atoms with Crippen molar-refractivity contribution in [2.75, 3.05) is 57.8 Å². The minimum absolute atomic E-state index is 0. The number of aliphatic imine (C=N–C) groups is 1. The van der Waals surface area contributed by atoms with E-state index in [0.29, 0.717) is 18.9 Å². The third-order valence-corrected chi connectivity index (χ3v) is 5.26. The normalized spacial score (nSPS) is 20.6. The molecule has 1 aromatic rings. The van der Waals surface area contributed by atoms with Crippen LogP contribution in [0.4, 0.5) is 5.95 Å². The summed E-state index contributed by atoms with van der Waals surface area (Å²) in [6.07, 6.45) is 6.42. The van der Waals surface area contributed by atoms with Crippen LogP contribution >= 0.6 is 24.0 Å². The second-order valence-electron chi connectivity index (χ2n) is 7.33. The highest BCUT2D eigenvalue weighted by Gasteiger charge is 2.22. The van der Waals surface area contributed by atoms with Gasteiger partial charge < -0.3 is 20.0 Å². The van der Waals surface area contributed by atoms with Gasteiger partial charge in [0.25, 0.3) is 0 Å². The highest BCUT2D eigenvalue weighted by atomic mass is 127. The van der Waals surface area contributed by atoms with Gasteiger partial charge in [-0.15, -0.1) is 24.0 Å². The van der Waals surface area contributed by atoms with E-state index >= 15 is 0 Å². The van der Waals surface area contributed by atoms with Crippen molar-refractivity contribution in [3.8, 4) is 0 Å². The summed E-state index contributed by atoms with van der Waals surface area (Å²) in [7, 11) is 1.79. The predicted octanol–water partition coefficient (Wildman–Crippen LogP) is 1.44. The Morgan fingerprint density at radius 1 is 1.18 bits per heavy atom. The number of carbonyl (C=O) groups is 1. The van der Waals surface area contributed by atoms with Crippen molar-refractivity contribution in [3.05, 3.63) is 18.5 Å². The fraction of sp³-hybridized carbons (Fsp3) is 0.684. The lowest BCUT2D eigenvalue weighted by Gasteiger charge is -2.36. The van der Waals surface area contributed by atoms with Crippen molar-refractivity contribution < 1.29 is 4.79 Å². The minimum Gasteiger partial charge on any atom is -0.356 e. The first-order valence-corrected chi connectivity index (χ1v) is 9.92. The molecular formula is C19H32IN7O. The van der Waals surface area contributed by atoms with Crippen molar-refractivity contribution in [1.82, 2.24) is 25.1 Å². The number of piperazine rings is 1. The largest absolute Gasteiger partial charge is 0.356 e. The zero-order chi connectivity index (χ0) is 19.1. The van der Waals surface area contributed by atoms with Crippen LogP contribution in [0.1, 0.15) is 26.2 Å². The Kier molecular flexibility index (Phi) is 9.20. The van der Waals surface area contributed by atoms with Gasteiger partial charge in [0.15, 0.2) is 5.96 Å². The number of hydrogen-bond donors (Lipinski definition) is 1. The molecule has 2 saturated heterocycles. The number of rotatable bonds is 4. The van der Waals surface area contributed by atoms with Gasteiger partial charge in [-0.2, -0.15) is 0 Å². The van der Waals surface area contributed by atoms with E-state index < -0.39 is 0 Å². The molecule has 1 atom stereocenters. The molecule has 1 amide bonds. The van der Waals surface area contributed by atoms with Crippen molar-refractivity contribution >= 4 is 41.8 Å². The van der Waals surface area contributed by atoms with Gasteiger partial charge in [0, 0.05) is 71.7 Å². The lowest BCUT2D eigenvalue weighted by molar-refractivity contribution is -0.132. The summed E-state index contributed by atoms with van der Waals surface area (Å²) in [5.41, 5.74) is 0. The molecule has 3 heterocycles. The molecule has 0 aliphatic carbocycles. The van der Waals surface area contributed by atoms with E-state index in [4.69, 9.17) is 0 Å². The Morgan fingerprint density at radius 2 is 1.89 bits per heavy atom. The van der Waals surface area contributed by atoms with Crippen molar-refractivity contribution in [1.29, 1.82) is 0 Å². The number of carbonyl (C=O) groups excluding carboxylic acids is 1. The second kappa shape index (κ2) is 11.4. The summed E-state index contributed by atoms with van der Waals surface area (Å²) in [4.78, 5) is 31.9. The summed E-state index contributed by atoms with van der Waals surface area (Å²) in [6, 6.07) is 1.83. The molecule has 2 aliphatic heterocycles. The number of aromatic nitrogens is 2. The minimum atomic E-state index is 0. The molecule has 1 unspecified atom stereocenters. The number of amides is 1. The number of anilines is 1. The number of nitrogens with one attached hydrogen (secondary N) is 1. The van der Waals surface area contributed by atoms with Gasteiger partial charge in [-0.3, -0.25) is 9.79 Å². The Labute approximate surface area is 184 Å². The van der Waals surface area contributed by atoms with Gasteiger partial charge in [-0.05, 0) is 24.8 Å². The SMILES string of the molecule is CN=C(NCCC(=O)N1CCCC(C)C1)N1CCN(c2ncccn2)CC1.I. The molecule has 2 aliphatic rings. The monoisotopic (exact) mass is 501 g/mol. The maximum atomic E-state index is 12.4. The molecule has 3 rings (SSSR count). The van der Waals surface area contributed by atoms with Crippen molar-refractivity contribution in [3.63, 3.8) is 0 Å². The standard InChI is InChI=1S/C19H31N7O.HI/c1-16-5-3-10-26(15-16)17(27)6-9-23-18(20-2)24-11-13-25(14-12-24)19-21-7-4-8-22-19;/h4,7-8,16H,3,5-6,9-15H2,1-2H3,(H,20,23);1H. The Balaban J connectivity index is 0.00000280. The average molecular weight is 501 g/mol. The van der Waals surface area contributed by atoms with Gasteiger partial charge >= 0.3 is 0 Å². The van der Waals surface area contributed by atoms with E-state index in [1.165, 1.54) is 6.42 Å². The second-order valence-corrected chi connectivity index (χ2v) is 7.33. The first-order chi connectivity index (χ1) is 13.2. The van der Waals surface area contributed by atoms with Crippen LogP contribution in [0, 0.1) is 5.92 Å². The highest BCUT2D eigenvalue weighted by molar-refractivity contribution is 14.0.